The number of carbonyl (C=O) groups excluding carboxylic acids is 3. The predicted octanol–water partition coefficient (Wildman–Crippen LogP) is 1.53. The highest BCUT2D eigenvalue weighted by molar-refractivity contribution is 6.10. The van der Waals surface area contributed by atoms with Gasteiger partial charge in [-0.15, -0.1) is 0 Å². The Kier molecular flexibility index (Phi) is 7.28. The Morgan fingerprint density at radius 1 is 1.00 bits per heavy atom. The van der Waals surface area contributed by atoms with E-state index in [1.807, 2.05) is 43.3 Å². The van der Waals surface area contributed by atoms with Crippen LogP contribution in [0.1, 0.15) is 17.3 Å². The summed E-state index contributed by atoms with van der Waals surface area (Å²) >= 11 is 0. The van der Waals surface area contributed by atoms with Gasteiger partial charge in [0, 0.05) is 31.9 Å². The van der Waals surface area contributed by atoms with E-state index >= 15 is 0 Å². The molecule has 0 heterocycles. The molecule has 0 fully saturated rings. The molecular formula is C21H25N3O4. The number of hydrogen-bond acceptors (Lipinski definition) is 5. The van der Waals surface area contributed by atoms with Crippen LogP contribution in [0.5, 0.6) is 0 Å². The van der Waals surface area contributed by atoms with Gasteiger partial charge in [0.1, 0.15) is 6.61 Å². The van der Waals surface area contributed by atoms with Gasteiger partial charge in [0.2, 0.25) is 5.91 Å². The molecule has 0 aliphatic carbocycles. The molecule has 1 atom stereocenters. The van der Waals surface area contributed by atoms with Gasteiger partial charge in [-0.1, -0.05) is 24.3 Å². The molecule has 2 aromatic carbocycles. The molecule has 0 bridgehead atoms. The number of hydrogen-bond donors (Lipinski definition) is 3. The smallest absolute Gasteiger partial charge is 0.254 e. The highest BCUT2D eigenvalue weighted by Crippen LogP contribution is 2.22. The van der Waals surface area contributed by atoms with Crippen LogP contribution in [-0.2, 0) is 9.59 Å². The minimum Gasteiger partial charge on any atom is -0.388 e. The zero-order chi connectivity index (χ0) is 20.7. The van der Waals surface area contributed by atoms with Crippen LogP contribution in [0.25, 0.3) is 11.1 Å². The molecule has 148 valence electrons. The number of benzene rings is 2. The molecule has 28 heavy (non-hydrogen) atoms. The van der Waals surface area contributed by atoms with E-state index < -0.39 is 30.2 Å². The van der Waals surface area contributed by atoms with E-state index in [0.29, 0.717) is 5.56 Å². The Morgan fingerprint density at radius 2 is 1.54 bits per heavy atom. The van der Waals surface area contributed by atoms with Gasteiger partial charge in [-0.25, -0.2) is 0 Å². The second-order valence-corrected chi connectivity index (χ2v) is 6.24. The third kappa shape index (κ3) is 4.75. The van der Waals surface area contributed by atoms with Gasteiger partial charge in [-0.2, -0.15) is 0 Å². The van der Waals surface area contributed by atoms with Crippen LogP contribution in [0, 0.1) is 0 Å². The van der Waals surface area contributed by atoms with Gasteiger partial charge in [-0.05, 0) is 42.3 Å². The van der Waals surface area contributed by atoms with Gasteiger partial charge in [0.15, 0.2) is 11.8 Å². The van der Waals surface area contributed by atoms with E-state index in [-0.39, 0.29) is 0 Å². The Morgan fingerprint density at radius 3 is 2.00 bits per heavy atom. The van der Waals surface area contributed by atoms with Gasteiger partial charge in [0.05, 0.1) is 0 Å². The lowest BCUT2D eigenvalue weighted by molar-refractivity contribution is -0.135. The van der Waals surface area contributed by atoms with Crippen molar-refractivity contribution in [2.75, 3.05) is 32.6 Å². The standard InChI is InChI=1S/C21H25N3O4/c1-4-23-17-11-9-15(10-12-17)14-5-7-16(8-6-14)21(28)24(3)19(18(26)13-25)20(27)22-2/h5-12,19,23,25H,4,13H2,1-3H3,(H,22,27). The van der Waals surface area contributed by atoms with Crippen molar-refractivity contribution >= 4 is 23.3 Å². The van der Waals surface area contributed by atoms with E-state index in [1.54, 1.807) is 12.1 Å². The summed E-state index contributed by atoms with van der Waals surface area (Å²) in [5.41, 5.74) is 3.33. The fourth-order valence-corrected chi connectivity index (χ4v) is 2.87. The van der Waals surface area contributed by atoms with Gasteiger partial charge in [-0.3, -0.25) is 14.4 Å². The summed E-state index contributed by atoms with van der Waals surface area (Å²) in [4.78, 5) is 37.6. The van der Waals surface area contributed by atoms with Crippen LogP contribution in [-0.4, -0.2) is 60.9 Å². The molecule has 2 amide bonds. The van der Waals surface area contributed by atoms with Gasteiger partial charge >= 0.3 is 0 Å². The molecule has 1 unspecified atom stereocenters. The number of likely N-dealkylation sites (N-methyl/N-ethyl adjacent to an activating group) is 2. The largest absolute Gasteiger partial charge is 0.388 e. The lowest BCUT2D eigenvalue weighted by Crippen LogP contribution is -2.52. The van der Waals surface area contributed by atoms with E-state index in [1.165, 1.54) is 14.1 Å². The second-order valence-electron chi connectivity index (χ2n) is 6.24. The number of rotatable bonds is 8. The van der Waals surface area contributed by atoms with Crippen molar-refractivity contribution in [3.63, 3.8) is 0 Å². The maximum Gasteiger partial charge on any atom is 0.254 e. The molecule has 3 N–H and O–H groups in total. The quantitative estimate of drug-likeness (QED) is 0.601. The van der Waals surface area contributed by atoms with Crippen LogP contribution >= 0.6 is 0 Å². The minimum absolute atomic E-state index is 0.343. The summed E-state index contributed by atoms with van der Waals surface area (Å²) in [5, 5.41) is 14.7. The van der Waals surface area contributed by atoms with Crippen molar-refractivity contribution in [3.8, 4) is 11.1 Å². The Bertz CT molecular complexity index is 816. The number of ketones is 1. The van der Waals surface area contributed by atoms with Crippen molar-refractivity contribution in [2.45, 2.75) is 13.0 Å². The maximum atomic E-state index is 12.7. The van der Waals surface area contributed by atoms with E-state index in [4.69, 9.17) is 5.11 Å². The second kappa shape index (κ2) is 9.66. The average Bonchev–Trinajstić information content (AvgIpc) is 2.73. The summed E-state index contributed by atoms with van der Waals surface area (Å²) < 4.78 is 0. The molecule has 0 aromatic heterocycles. The molecule has 0 aliphatic rings. The third-order valence-corrected chi connectivity index (χ3v) is 4.39. The first-order valence-electron chi connectivity index (χ1n) is 8.99. The Balaban J connectivity index is 2.20. The van der Waals surface area contributed by atoms with Crippen molar-refractivity contribution in [1.82, 2.24) is 10.2 Å². The molecule has 7 heteroatoms. The normalized spacial score (nSPS) is 11.4. The molecule has 0 saturated carbocycles. The number of nitrogens with one attached hydrogen (secondary N) is 2. The van der Waals surface area contributed by atoms with E-state index in [0.717, 1.165) is 28.3 Å². The monoisotopic (exact) mass is 383 g/mol. The molecule has 0 radical (unpaired) electrons. The third-order valence-electron chi connectivity index (χ3n) is 4.39. The first-order chi connectivity index (χ1) is 13.4. The number of amides is 2. The topological polar surface area (TPSA) is 98.7 Å². The predicted molar refractivity (Wildman–Crippen MR) is 108 cm³/mol. The molecular weight excluding hydrogens is 358 g/mol. The average molecular weight is 383 g/mol. The molecule has 0 spiro atoms. The van der Waals surface area contributed by atoms with E-state index in [2.05, 4.69) is 10.6 Å². The fraction of sp³-hybridized carbons (Fsp3) is 0.286. The Hall–Kier alpha value is -3.19. The first-order valence-corrected chi connectivity index (χ1v) is 8.99. The van der Waals surface area contributed by atoms with Crippen molar-refractivity contribution in [1.29, 1.82) is 0 Å². The number of aliphatic hydroxyl groups excluding tert-OH is 1. The number of aliphatic hydroxyl groups is 1. The summed E-state index contributed by atoms with van der Waals surface area (Å²) in [6.45, 7) is 2.06. The highest BCUT2D eigenvalue weighted by atomic mass is 16.3. The summed E-state index contributed by atoms with van der Waals surface area (Å²) in [6.07, 6.45) is 0. The highest BCUT2D eigenvalue weighted by Gasteiger charge is 2.32. The SMILES string of the molecule is CCNc1ccc(-c2ccc(C(=O)N(C)C(C(=O)CO)C(=O)NC)cc2)cc1. The number of anilines is 1. The number of carbonyl (C=O) groups is 3. The summed E-state index contributed by atoms with van der Waals surface area (Å²) in [5.74, 6) is -1.87. The van der Waals surface area contributed by atoms with E-state index in [9.17, 15) is 14.4 Å². The lowest BCUT2D eigenvalue weighted by Gasteiger charge is -2.25. The van der Waals surface area contributed by atoms with Gasteiger partial charge in [0.25, 0.3) is 5.91 Å². The summed E-state index contributed by atoms with van der Waals surface area (Å²) in [6, 6.07) is 13.5. The summed E-state index contributed by atoms with van der Waals surface area (Å²) in [7, 11) is 2.73. The molecule has 2 rings (SSSR count). The Labute approximate surface area is 164 Å². The van der Waals surface area contributed by atoms with Gasteiger partial charge < -0.3 is 20.6 Å². The zero-order valence-electron chi connectivity index (χ0n) is 16.2. The zero-order valence-corrected chi connectivity index (χ0v) is 16.2. The molecule has 7 nitrogen and oxygen atoms in total. The maximum absolute atomic E-state index is 12.7. The van der Waals surface area contributed by atoms with Crippen molar-refractivity contribution < 1.29 is 19.5 Å². The minimum atomic E-state index is -1.37. The lowest BCUT2D eigenvalue weighted by atomic mass is 10.0. The van der Waals surface area contributed by atoms with Crippen LogP contribution in [0.2, 0.25) is 0 Å². The number of nitrogens with zero attached hydrogens (tertiary/aromatic N) is 1. The molecule has 0 aliphatic heterocycles. The van der Waals surface area contributed by atoms with Crippen LogP contribution in [0.3, 0.4) is 0 Å². The van der Waals surface area contributed by atoms with Crippen molar-refractivity contribution in [3.05, 3.63) is 54.1 Å². The molecule has 0 saturated heterocycles. The molecule has 2 aromatic rings. The fourth-order valence-electron chi connectivity index (χ4n) is 2.87. The number of Topliss-reactive ketones (excluding diaryl/α,β-unsaturated/α-hetero) is 1. The van der Waals surface area contributed by atoms with Crippen molar-refractivity contribution in [2.24, 2.45) is 0 Å². The van der Waals surface area contributed by atoms with Crippen LogP contribution in [0.4, 0.5) is 5.69 Å². The first kappa shape index (κ1) is 21.1. The van der Waals surface area contributed by atoms with Crippen LogP contribution < -0.4 is 10.6 Å². The van der Waals surface area contributed by atoms with Crippen LogP contribution in [0.15, 0.2) is 48.5 Å².